The topological polar surface area (TPSA) is 88.5 Å². The van der Waals surface area contributed by atoms with Crippen molar-refractivity contribution in [3.8, 4) is 22.6 Å². The van der Waals surface area contributed by atoms with Crippen molar-refractivity contribution in [3.05, 3.63) is 79.0 Å². The van der Waals surface area contributed by atoms with E-state index in [0.717, 1.165) is 45.5 Å². The molecule has 0 bridgehead atoms. The Morgan fingerprint density at radius 3 is 2.26 bits per heavy atom. The number of aromatic amines is 1. The van der Waals surface area contributed by atoms with Gasteiger partial charge >= 0.3 is 0 Å². The number of anilines is 2. The number of rotatable bonds is 9. The average Bonchev–Trinajstić information content (AvgIpc) is 3.70. The Bertz CT molecular complexity index is 1590. The number of benzene rings is 2. The molecular formula is C34H42F2N6O. The van der Waals surface area contributed by atoms with Crippen LogP contribution in [0.2, 0.25) is 0 Å². The van der Waals surface area contributed by atoms with E-state index in [9.17, 15) is 13.6 Å². The number of ketones is 1. The fraction of sp³-hybridized carbons (Fsp3) is 0.353. The molecule has 9 heteroatoms. The molecule has 5 aromatic rings. The van der Waals surface area contributed by atoms with Gasteiger partial charge < -0.3 is 14.9 Å². The average molecular weight is 589 g/mol. The van der Waals surface area contributed by atoms with Crippen molar-refractivity contribution >= 4 is 28.2 Å². The van der Waals surface area contributed by atoms with Crippen molar-refractivity contribution in [1.29, 1.82) is 0 Å². The van der Waals surface area contributed by atoms with E-state index in [2.05, 4.69) is 20.3 Å². The fourth-order valence-corrected chi connectivity index (χ4v) is 4.26. The first kappa shape index (κ1) is 33.1. The number of hydrogen-bond acceptors (Lipinski definition) is 5. The Hall–Kier alpha value is -4.40. The van der Waals surface area contributed by atoms with E-state index in [4.69, 9.17) is 4.98 Å². The van der Waals surface area contributed by atoms with Gasteiger partial charge in [-0.15, -0.1) is 0 Å². The van der Waals surface area contributed by atoms with Crippen LogP contribution < -0.4 is 5.32 Å². The van der Waals surface area contributed by atoms with Gasteiger partial charge in [-0.2, -0.15) is 0 Å². The highest BCUT2D eigenvalue weighted by Gasteiger charge is 2.22. The van der Waals surface area contributed by atoms with Crippen molar-refractivity contribution < 1.29 is 13.6 Å². The molecule has 0 amide bonds. The SMILES string of the molecule is CC.CCC(C)C(=O)c1cc2ccc(-c3nccc(Nc4ccc(-c5cnc[nH]5)cc4)n3)cc2n1C.CCC(F)(F)CC. The number of aromatic nitrogens is 5. The smallest absolute Gasteiger partial charge is 0.247 e. The van der Waals surface area contributed by atoms with Crippen LogP contribution in [0, 0.1) is 5.92 Å². The minimum atomic E-state index is -2.42. The molecule has 2 aromatic carbocycles. The molecule has 2 N–H and O–H groups in total. The molecular weight excluding hydrogens is 546 g/mol. The van der Waals surface area contributed by atoms with Crippen LogP contribution in [0.1, 0.15) is 71.3 Å². The molecule has 43 heavy (non-hydrogen) atoms. The summed E-state index contributed by atoms with van der Waals surface area (Å²) in [6, 6.07) is 17.9. The second kappa shape index (κ2) is 15.2. The summed E-state index contributed by atoms with van der Waals surface area (Å²) in [6.07, 6.45) is 5.96. The highest BCUT2D eigenvalue weighted by atomic mass is 19.3. The summed E-state index contributed by atoms with van der Waals surface area (Å²) in [5, 5.41) is 4.38. The minimum absolute atomic E-state index is 0.00197. The van der Waals surface area contributed by atoms with Crippen molar-refractivity contribution in [1.82, 2.24) is 24.5 Å². The molecule has 0 saturated heterocycles. The summed E-state index contributed by atoms with van der Waals surface area (Å²) in [6.45, 7) is 11.0. The Morgan fingerprint density at radius 2 is 1.67 bits per heavy atom. The molecule has 3 aromatic heterocycles. The molecule has 0 fully saturated rings. The van der Waals surface area contributed by atoms with Crippen LogP contribution in [0.4, 0.5) is 20.3 Å². The standard InChI is InChI=1S/C27H26N6O.C5H10F2.C2H6/c1-4-17(2)26(34)24-13-19-5-6-20(14-23(19)33(24)3)27-29-12-11-25(32-27)31-21-9-7-18(8-10-21)22-15-28-16-30-22;1-3-5(6,7)4-2;1-2/h5-17H,4H2,1-3H3,(H,28,30)(H,29,31,32);3-4H2,1-2H3;1-2H3. The Labute approximate surface area is 252 Å². The Kier molecular flexibility index (Phi) is 11.7. The molecule has 0 aliphatic carbocycles. The van der Waals surface area contributed by atoms with E-state index >= 15 is 0 Å². The highest BCUT2D eigenvalue weighted by molar-refractivity contribution is 6.01. The highest BCUT2D eigenvalue weighted by Crippen LogP contribution is 2.27. The molecule has 0 spiro atoms. The van der Waals surface area contributed by atoms with Gasteiger partial charge in [-0.3, -0.25) is 4.79 Å². The van der Waals surface area contributed by atoms with Gasteiger partial charge in [-0.1, -0.05) is 65.8 Å². The number of carbonyl (C=O) groups excluding carboxylic acids is 1. The van der Waals surface area contributed by atoms with E-state index in [1.165, 1.54) is 13.8 Å². The second-order valence-electron chi connectivity index (χ2n) is 10.0. The summed E-state index contributed by atoms with van der Waals surface area (Å²) in [4.78, 5) is 29.1. The lowest BCUT2D eigenvalue weighted by Gasteiger charge is -2.09. The second-order valence-corrected chi connectivity index (χ2v) is 10.0. The molecule has 5 rings (SSSR count). The van der Waals surface area contributed by atoms with Crippen molar-refractivity contribution in [3.63, 3.8) is 0 Å². The van der Waals surface area contributed by atoms with E-state index < -0.39 is 5.92 Å². The molecule has 0 radical (unpaired) electrons. The van der Waals surface area contributed by atoms with Gasteiger partial charge in [0.05, 0.1) is 23.9 Å². The molecule has 1 unspecified atom stereocenters. The number of alkyl halides is 2. The number of hydrogen-bond donors (Lipinski definition) is 2. The van der Waals surface area contributed by atoms with Crippen LogP contribution in [-0.4, -0.2) is 36.2 Å². The predicted octanol–water partition coefficient (Wildman–Crippen LogP) is 9.47. The number of aryl methyl sites for hydroxylation is 1. The number of nitrogens with zero attached hydrogens (tertiary/aromatic N) is 4. The van der Waals surface area contributed by atoms with Crippen LogP contribution in [0.25, 0.3) is 33.5 Å². The van der Waals surface area contributed by atoms with Crippen molar-refractivity contribution in [2.75, 3.05) is 5.32 Å². The maximum absolute atomic E-state index is 12.8. The zero-order valence-electron chi connectivity index (χ0n) is 26.1. The lowest BCUT2D eigenvalue weighted by molar-refractivity contribution is -0.00647. The van der Waals surface area contributed by atoms with Crippen LogP contribution in [0.15, 0.2) is 73.3 Å². The van der Waals surface area contributed by atoms with Gasteiger partial charge in [0, 0.05) is 54.2 Å². The first-order valence-corrected chi connectivity index (χ1v) is 14.9. The van der Waals surface area contributed by atoms with E-state index in [-0.39, 0.29) is 24.5 Å². The minimum Gasteiger partial charge on any atom is -0.345 e. The Balaban J connectivity index is 0.000000496. The summed E-state index contributed by atoms with van der Waals surface area (Å²) < 4.78 is 25.7. The van der Waals surface area contributed by atoms with Gasteiger partial charge in [0.15, 0.2) is 11.6 Å². The predicted molar refractivity (Wildman–Crippen MR) is 172 cm³/mol. The maximum Gasteiger partial charge on any atom is 0.247 e. The number of H-pyrrole nitrogens is 1. The molecule has 0 aliphatic rings. The summed E-state index contributed by atoms with van der Waals surface area (Å²) >= 11 is 0. The molecule has 3 heterocycles. The first-order chi connectivity index (χ1) is 20.7. The van der Waals surface area contributed by atoms with Crippen LogP contribution in [-0.2, 0) is 7.05 Å². The van der Waals surface area contributed by atoms with Gasteiger partial charge in [0.2, 0.25) is 5.92 Å². The third-order valence-corrected chi connectivity index (χ3v) is 7.27. The Morgan fingerprint density at radius 1 is 1.00 bits per heavy atom. The lowest BCUT2D eigenvalue weighted by Crippen LogP contribution is -2.13. The summed E-state index contributed by atoms with van der Waals surface area (Å²) in [5.74, 6) is -0.915. The van der Waals surface area contributed by atoms with E-state index in [1.807, 2.05) is 93.9 Å². The maximum atomic E-state index is 12.8. The number of Topliss-reactive ketones (excluding diaryl/α,β-unsaturated/α-hetero) is 1. The largest absolute Gasteiger partial charge is 0.345 e. The quantitative estimate of drug-likeness (QED) is 0.167. The number of imidazole rings is 1. The summed E-state index contributed by atoms with van der Waals surface area (Å²) in [5.41, 5.74) is 5.58. The van der Waals surface area contributed by atoms with Crippen LogP contribution in [0.5, 0.6) is 0 Å². The summed E-state index contributed by atoms with van der Waals surface area (Å²) in [7, 11) is 1.94. The van der Waals surface area contributed by atoms with Crippen molar-refractivity contribution in [2.45, 2.75) is 66.7 Å². The zero-order valence-corrected chi connectivity index (χ0v) is 26.1. The van der Waals surface area contributed by atoms with E-state index in [0.29, 0.717) is 11.6 Å². The fourth-order valence-electron chi connectivity index (χ4n) is 4.26. The van der Waals surface area contributed by atoms with Gasteiger partial charge in [0.25, 0.3) is 0 Å². The lowest BCUT2D eigenvalue weighted by atomic mass is 10.0. The van der Waals surface area contributed by atoms with Gasteiger partial charge in [0.1, 0.15) is 5.82 Å². The zero-order chi connectivity index (χ0) is 31.6. The number of nitrogens with one attached hydrogen (secondary N) is 2. The molecule has 0 aliphatic heterocycles. The molecule has 1 atom stereocenters. The number of halogens is 2. The van der Waals surface area contributed by atoms with Crippen LogP contribution in [0.3, 0.4) is 0 Å². The number of carbonyl (C=O) groups is 1. The van der Waals surface area contributed by atoms with E-state index in [1.54, 1.807) is 18.7 Å². The normalized spacial score (nSPS) is 11.7. The van der Waals surface area contributed by atoms with Gasteiger partial charge in [-0.05, 0) is 42.3 Å². The van der Waals surface area contributed by atoms with Gasteiger partial charge in [-0.25, -0.2) is 23.7 Å². The molecule has 228 valence electrons. The third-order valence-electron chi connectivity index (χ3n) is 7.27. The number of fused-ring (bicyclic) bond motifs is 1. The monoisotopic (exact) mass is 588 g/mol. The molecule has 0 saturated carbocycles. The third kappa shape index (κ3) is 8.34. The van der Waals surface area contributed by atoms with Crippen molar-refractivity contribution in [2.24, 2.45) is 13.0 Å². The molecule has 7 nitrogen and oxygen atoms in total. The van der Waals surface area contributed by atoms with Crippen LogP contribution >= 0.6 is 0 Å². The first-order valence-electron chi connectivity index (χ1n) is 14.9.